The number of hydrogen-bond donors (Lipinski definition) is 1. The molecule has 1 N–H and O–H groups in total. The molecule has 1 atom stereocenters. The third kappa shape index (κ3) is 2.59. The molecule has 1 aromatic rings. The van der Waals surface area contributed by atoms with E-state index in [-0.39, 0.29) is 0 Å². The van der Waals surface area contributed by atoms with Crippen molar-refractivity contribution in [2.45, 2.75) is 32.6 Å². The summed E-state index contributed by atoms with van der Waals surface area (Å²) in [4.78, 5) is 0. The number of rotatable bonds is 3. The summed E-state index contributed by atoms with van der Waals surface area (Å²) in [5.41, 5.74) is 2.61. The summed E-state index contributed by atoms with van der Waals surface area (Å²) in [6.07, 6.45) is 4.90. The number of hydrogen-bond acceptors (Lipinski definition) is 2. The summed E-state index contributed by atoms with van der Waals surface area (Å²) in [5.74, 6) is 0.804. The third-order valence-electron chi connectivity index (χ3n) is 3.29. The molecule has 0 aliphatic carbocycles. The van der Waals surface area contributed by atoms with Gasteiger partial charge in [-0.15, -0.1) is 0 Å². The van der Waals surface area contributed by atoms with Crippen molar-refractivity contribution in [1.82, 2.24) is 15.1 Å². The summed E-state index contributed by atoms with van der Waals surface area (Å²) < 4.78 is 2.05. The quantitative estimate of drug-likeness (QED) is 0.814. The second kappa shape index (κ2) is 4.79. The number of nitrogens with zero attached hydrogens (tertiary/aromatic N) is 2. The van der Waals surface area contributed by atoms with E-state index < -0.39 is 0 Å². The molecule has 0 amide bonds. The number of piperidine rings is 1. The highest BCUT2D eigenvalue weighted by Crippen LogP contribution is 2.16. The highest BCUT2D eigenvalue weighted by Gasteiger charge is 2.15. The molecule has 0 saturated carbocycles. The van der Waals surface area contributed by atoms with E-state index in [2.05, 4.69) is 30.5 Å². The Kier molecular flexibility index (Phi) is 3.41. The van der Waals surface area contributed by atoms with Crippen LogP contribution in [0, 0.1) is 5.92 Å². The number of aromatic nitrogens is 2. The van der Waals surface area contributed by atoms with Gasteiger partial charge in [0.05, 0.1) is 5.69 Å². The van der Waals surface area contributed by atoms with E-state index in [1.807, 2.05) is 4.68 Å². The van der Waals surface area contributed by atoms with Gasteiger partial charge in [-0.2, -0.15) is 5.10 Å². The molecule has 3 heteroatoms. The summed E-state index contributed by atoms with van der Waals surface area (Å²) >= 11 is 0. The number of nitrogens with one attached hydrogen (secondary N) is 1. The lowest BCUT2D eigenvalue weighted by Crippen LogP contribution is -2.31. The second-order valence-corrected chi connectivity index (χ2v) is 4.52. The fraction of sp³-hybridized carbons (Fsp3) is 0.750. The van der Waals surface area contributed by atoms with Crippen LogP contribution < -0.4 is 5.32 Å². The first-order valence-electron chi connectivity index (χ1n) is 6.02. The molecular formula is C12H21N3. The van der Waals surface area contributed by atoms with Crippen LogP contribution in [0.1, 0.15) is 31.2 Å². The monoisotopic (exact) mass is 207 g/mol. The molecule has 2 rings (SSSR count). The predicted octanol–water partition coefficient (Wildman–Crippen LogP) is 1.52. The Morgan fingerprint density at radius 3 is 3.07 bits per heavy atom. The van der Waals surface area contributed by atoms with Crippen LogP contribution in [-0.4, -0.2) is 22.9 Å². The molecule has 1 aliphatic heterocycles. The lowest BCUT2D eigenvalue weighted by molar-refractivity contribution is 0.369. The summed E-state index contributed by atoms with van der Waals surface area (Å²) in [6, 6.07) is 2.26. The molecule has 1 saturated heterocycles. The van der Waals surface area contributed by atoms with Crippen LogP contribution in [0.4, 0.5) is 0 Å². The van der Waals surface area contributed by atoms with Crippen LogP contribution in [0.3, 0.4) is 0 Å². The fourth-order valence-corrected chi connectivity index (χ4v) is 2.33. The Bertz CT molecular complexity index is 311. The van der Waals surface area contributed by atoms with Gasteiger partial charge in [-0.3, -0.25) is 4.68 Å². The lowest BCUT2D eigenvalue weighted by atomic mass is 9.94. The summed E-state index contributed by atoms with van der Waals surface area (Å²) in [6.45, 7) is 4.53. The topological polar surface area (TPSA) is 29.9 Å². The standard InChI is InChI=1S/C12H21N3/c1-3-11-8-12(15(2)14-11)7-10-5-4-6-13-9-10/h8,10,13H,3-7,9H2,1-2H3. The molecule has 3 nitrogen and oxygen atoms in total. The van der Waals surface area contributed by atoms with Gasteiger partial charge < -0.3 is 5.32 Å². The van der Waals surface area contributed by atoms with Gasteiger partial charge in [0.2, 0.25) is 0 Å². The Morgan fingerprint density at radius 2 is 2.47 bits per heavy atom. The first kappa shape index (κ1) is 10.7. The molecule has 84 valence electrons. The normalized spacial score (nSPS) is 21.9. The van der Waals surface area contributed by atoms with Crippen LogP contribution in [0.15, 0.2) is 6.07 Å². The zero-order valence-electron chi connectivity index (χ0n) is 9.79. The van der Waals surface area contributed by atoms with Crippen molar-refractivity contribution in [3.63, 3.8) is 0 Å². The maximum absolute atomic E-state index is 4.49. The Labute approximate surface area is 91.9 Å². The van der Waals surface area contributed by atoms with Gasteiger partial charge in [0.15, 0.2) is 0 Å². The first-order valence-corrected chi connectivity index (χ1v) is 6.02. The largest absolute Gasteiger partial charge is 0.316 e. The zero-order chi connectivity index (χ0) is 10.7. The minimum Gasteiger partial charge on any atom is -0.316 e. The molecule has 1 unspecified atom stereocenters. The molecule has 0 radical (unpaired) electrons. The van der Waals surface area contributed by atoms with Crippen LogP contribution in [-0.2, 0) is 19.9 Å². The van der Waals surface area contributed by atoms with Gasteiger partial charge >= 0.3 is 0 Å². The van der Waals surface area contributed by atoms with Gasteiger partial charge in [-0.25, -0.2) is 0 Å². The molecule has 2 heterocycles. The summed E-state index contributed by atoms with van der Waals surface area (Å²) in [7, 11) is 2.06. The first-order chi connectivity index (χ1) is 7.29. The van der Waals surface area contributed by atoms with Crippen molar-refractivity contribution in [2.75, 3.05) is 13.1 Å². The van der Waals surface area contributed by atoms with Crippen LogP contribution in [0.25, 0.3) is 0 Å². The molecule has 1 aromatic heterocycles. The Hall–Kier alpha value is -0.830. The third-order valence-corrected chi connectivity index (χ3v) is 3.29. The number of aryl methyl sites for hydroxylation is 2. The molecule has 1 aliphatic rings. The highest BCUT2D eigenvalue weighted by molar-refractivity contribution is 5.11. The van der Waals surface area contributed by atoms with Crippen LogP contribution >= 0.6 is 0 Å². The van der Waals surface area contributed by atoms with Crippen molar-refractivity contribution < 1.29 is 0 Å². The summed E-state index contributed by atoms with van der Waals surface area (Å²) in [5, 5.41) is 7.96. The molecule has 15 heavy (non-hydrogen) atoms. The fourth-order valence-electron chi connectivity index (χ4n) is 2.33. The maximum atomic E-state index is 4.49. The van der Waals surface area contributed by atoms with Crippen molar-refractivity contribution in [2.24, 2.45) is 13.0 Å². The molecular weight excluding hydrogens is 186 g/mol. The van der Waals surface area contributed by atoms with Crippen LogP contribution in [0.2, 0.25) is 0 Å². The lowest BCUT2D eigenvalue weighted by Gasteiger charge is -2.22. The van der Waals surface area contributed by atoms with Gasteiger partial charge in [0.1, 0.15) is 0 Å². The minimum atomic E-state index is 0.804. The molecule has 0 bridgehead atoms. The molecule has 0 spiro atoms. The van der Waals surface area contributed by atoms with E-state index in [1.165, 1.54) is 43.7 Å². The van der Waals surface area contributed by atoms with E-state index in [0.29, 0.717) is 0 Å². The van der Waals surface area contributed by atoms with E-state index in [1.54, 1.807) is 0 Å². The van der Waals surface area contributed by atoms with E-state index in [9.17, 15) is 0 Å². The minimum absolute atomic E-state index is 0.804. The van der Waals surface area contributed by atoms with Crippen molar-refractivity contribution in [3.05, 3.63) is 17.5 Å². The highest BCUT2D eigenvalue weighted by atomic mass is 15.3. The van der Waals surface area contributed by atoms with Gasteiger partial charge in [-0.1, -0.05) is 6.92 Å². The maximum Gasteiger partial charge on any atom is 0.0624 e. The Morgan fingerprint density at radius 1 is 1.60 bits per heavy atom. The average molecular weight is 207 g/mol. The van der Waals surface area contributed by atoms with Crippen LogP contribution in [0.5, 0.6) is 0 Å². The Balaban J connectivity index is 1.99. The van der Waals surface area contributed by atoms with E-state index in [0.717, 1.165) is 12.3 Å². The van der Waals surface area contributed by atoms with E-state index in [4.69, 9.17) is 0 Å². The van der Waals surface area contributed by atoms with Crippen molar-refractivity contribution >= 4 is 0 Å². The smallest absolute Gasteiger partial charge is 0.0624 e. The molecule has 0 aromatic carbocycles. The van der Waals surface area contributed by atoms with E-state index >= 15 is 0 Å². The van der Waals surface area contributed by atoms with Gasteiger partial charge in [0.25, 0.3) is 0 Å². The predicted molar refractivity (Wildman–Crippen MR) is 61.9 cm³/mol. The van der Waals surface area contributed by atoms with Crippen molar-refractivity contribution in [3.8, 4) is 0 Å². The van der Waals surface area contributed by atoms with Gasteiger partial charge in [-0.05, 0) is 50.8 Å². The second-order valence-electron chi connectivity index (χ2n) is 4.52. The molecule has 1 fully saturated rings. The van der Waals surface area contributed by atoms with Gasteiger partial charge in [0, 0.05) is 12.7 Å². The average Bonchev–Trinajstić information content (AvgIpc) is 2.61. The van der Waals surface area contributed by atoms with Crippen molar-refractivity contribution in [1.29, 1.82) is 0 Å². The SMILES string of the molecule is CCc1cc(CC2CCCNC2)n(C)n1. The zero-order valence-corrected chi connectivity index (χ0v) is 9.79.